The van der Waals surface area contributed by atoms with Gasteiger partial charge in [0.05, 0.1) is 5.92 Å². The Balaban J connectivity index is 1.72. The quantitative estimate of drug-likeness (QED) is 0.514. The Kier molecular flexibility index (Phi) is 5.77. The van der Waals surface area contributed by atoms with Crippen molar-refractivity contribution < 1.29 is 14.3 Å². The van der Waals surface area contributed by atoms with E-state index < -0.39 is 5.92 Å². The molecule has 2 aromatic rings. The van der Waals surface area contributed by atoms with Gasteiger partial charge >= 0.3 is 5.97 Å². The average molecular weight is 416 g/mol. The Hall–Kier alpha value is -2.14. The molecule has 0 aromatic heterocycles. The van der Waals surface area contributed by atoms with E-state index >= 15 is 0 Å². The van der Waals surface area contributed by atoms with Crippen LogP contribution in [0.5, 0.6) is 5.75 Å². The van der Waals surface area contributed by atoms with Gasteiger partial charge in [0, 0.05) is 23.1 Å². The number of ether oxygens (including phenoxy) is 1. The molecule has 26 heavy (non-hydrogen) atoms. The van der Waals surface area contributed by atoms with Crippen LogP contribution in [-0.2, 0) is 9.59 Å². The molecular weight excluding hydrogens is 394 g/mol. The van der Waals surface area contributed by atoms with Crippen LogP contribution in [-0.4, -0.2) is 18.4 Å². The van der Waals surface area contributed by atoms with Gasteiger partial charge in [0.25, 0.3) is 0 Å². The van der Waals surface area contributed by atoms with Gasteiger partial charge < -0.3 is 9.64 Å². The van der Waals surface area contributed by atoms with E-state index in [9.17, 15) is 9.59 Å². The second kappa shape index (κ2) is 8.04. The zero-order chi connectivity index (χ0) is 18.7. The van der Waals surface area contributed by atoms with Crippen LogP contribution in [0.15, 0.2) is 53.0 Å². The number of hydrogen-bond donors (Lipinski definition) is 0. The fourth-order valence-corrected chi connectivity index (χ4v) is 3.39. The van der Waals surface area contributed by atoms with Gasteiger partial charge in [-0.05, 0) is 48.2 Å². The van der Waals surface area contributed by atoms with E-state index in [0.29, 0.717) is 18.2 Å². The van der Waals surface area contributed by atoms with E-state index in [-0.39, 0.29) is 18.3 Å². The van der Waals surface area contributed by atoms with Crippen LogP contribution in [0.2, 0.25) is 0 Å². The standard InChI is InChI=1S/C21H22BrNO3/c1-3-14(2)18-6-4-5-7-19(18)26-21(25)15-12-20(24)23(13-15)17-10-8-16(22)9-11-17/h4-11,14-15H,3,12-13H2,1-2H3/t14-,15-/m0/s1. The molecule has 136 valence electrons. The smallest absolute Gasteiger partial charge is 0.316 e. The van der Waals surface area contributed by atoms with E-state index in [1.165, 1.54) is 0 Å². The highest BCUT2D eigenvalue weighted by Gasteiger charge is 2.36. The van der Waals surface area contributed by atoms with Crippen molar-refractivity contribution in [1.82, 2.24) is 0 Å². The number of para-hydroxylation sites is 1. The van der Waals surface area contributed by atoms with Crippen LogP contribution in [0.25, 0.3) is 0 Å². The topological polar surface area (TPSA) is 46.6 Å². The molecule has 2 atom stereocenters. The van der Waals surface area contributed by atoms with E-state index in [0.717, 1.165) is 22.1 Å². The van der Waals surface area contributed by atoms with Gasteiger partial charge in [-0.1, -0.05) is 48.0 Å². The van der Waals surface area contributed by atoms with Crippen LogP contribution in [0.4, 0.5) is 5.69 Å². The molecule has 1 amide bonds. The normalized spacial score (nSPS) is 18.0. The molecule has 0 saturated carbocycles. The summed E-state index contributed by atoms with van der Waals surface area (Å²) in [7, 11) is 0. The van der Waals surface area contributed by atoms with Gasteiger partial charge in [0.1, 0.15) is 5.75 Å². The third kappa shape index (κ3) is 3.98. The van der Waals surface area contributed by atoms with Gasteiger partial charge in [-0.25, -0.2) is 0 Å². The lowest BCUT2D eigenvalue weighted by molar-refractivity contribution is -0.139. The molecule has 1 fully saturated rings. The molecule has 0 aliphatic carbocycles. The number of hydrogen-bond acceptors (Lipinski definition) is 3. The lowest BCUT2D eigenvalue weighted by atomic mass is 9.98. The Labute approximate surface area is 162 Å². The zero-order valence-corrected chi connectivity index (χ0v) is 16.5. The number of esters is 1. The van der Waals surface area contributed by atoms with Crippen LogP contribution in [0.3, 0.4) is 0 Å². The third-order valence-electron chi connectivity index (χ3n) is 4.87. The molecule has 0 radical (unpaired) electrons. The Morgan fingerprint density at radius 1 is 1.23 bits per heavy atom. The van der Waals surface area contributed by atoms with Crippen molar-refractivity contribution in [2.75, 3.05) is 11.4 Å². The summed E-state index contributed by atoms with van der Waals surface area (Å²) in [4.78, 5) is 26.7. The lowest BCUT2D eigenvalue weighted by Crippen LogP contribution is -2.27. The van der Waals surface area contributed by atoms with Gasteiger partial charge in [0.15, 0.2) is 0 Å². The minimum Gasteiger partial charge on any atom is -0.426 e. The molecule has 3 rings (SSSR count). The first-order valence-electron chi connectivity index (χ1n) is 8.86. The summed E-state index contributed by atoms with van der Waals surface area (Å²) in [5.41, 5.74) is 1.82. The molecule has 0 N–H and O–H groups in total. The highest BCUT2D eigenvalue weighted by Crippen LogP contribution is 2.31. The average Bonchev–Trinajstić information content (AvgIpc) is 3.04. The summed E-state index contributed by atoms with van der Waals surface area (Å²) in [5, 5.41) is 0. The maximum atomic E-state index is 12.6. The van der Waals surface area contributed by atoms with Crippen molar-refractivity contribution in [3.63, 3.8) is 0 Å². The fourth-order valence-electron chi connectivity index (χ4n) is 3.13. The zero-order valence-electron chi connectivity index (χ0n) is 14.9. The first-order valence-corrected chi connectivity index (χ1v) is 9.65. The minimum absolute atomic E-state index is 0.0514. The van der Waals surface area contributed by atoms with Crippen LogP contribution in [0, 0.1) is 5.92 Å². The maximum absolute atomic E-state index is 12.6. The van der Waals surface area contributed by atoms with Gasteiger partial charge in [0.2, 0.25) is 5.91 Å². The molecule has 1 heterocycles. The molecule has 4 nitrogen and oxygen atoms in total. The molecule has 2 aromatic carbocycles. The van der Waals surface area contributed by atoms with E-state index in [4.69, 9.17) is 4.74 Å². The monoisotopic (exact) mass is 415 g/mol. The highest BCUT2D eigenvalue weighted by atomic mass is 79.9. The van der Waals surface area contributed by atoms with Crippen LogP contribution >= 0.6 is 15.9 Å². The summed E-state index contributed by atoms with van der Waals surface area (Å²) < 4.78 is 6.63. The highest BCUT2D eigenvalue weighted by molar-refractivity contribution is 9.10. The maximum Gasteiger partial charge on any atom is 0.316 e. The van der Waals surface area contributed by atoms with E-state index in [2.05, 4.69) is 29.8 Å². The van der Waals surface area contributed by atoms with Crippen LogP contribution < -0.4 is 9.64 Å². The molecule has 1 aliphatic rings. The second-order valence-electron chi connectivity index (χ2n) is 6.65. The van der Waals surface area contributed by atoms with Crippen molar-refractivity contribution in [2.24, 2.45) is 5.92 Å². The first kappa shape index (κ1) is 18.6. The van der Waals surface area contributed by atoms with Crippen molar-refractivity contribution in [2.45, 2.75) is 32.6 Å². The second-order valence-corrected chi connectivity index (χ2v) is 7.57. The molecule has 1 saturated heterocycles. The molecular formula is C21H22BrNO3. The van der Waals surface area contributed by atoms with Crippen molar-refractivity contribution in [1.29, 1.82) is 0 Å². The Morgan fingerprint density at radius 2 is 1.92 bits per heavy atom. The predicted octanol–water partition coefficient (Wildman–Crippen LogP) is 4.92. The van der Waals surface area contributed by atoms with Crippen molar-refractivity contribution in [3.8, 4) is 5.75 Å². The number of carbonyl (C=O) groups is 2. The number of halogens is 1. The van der Waals surface area contributed by atoms with E-state index in [1.54, 1.807) is 4.90 Å². The SMILES string of the molecule is CC[C@H](C)c1ccccc1OC(=O)[C@H]1CC(=O)N(c2ccc(Br)cc2)C1. The fraction of sp³-hybridized carbons (Fsp3) is 0.333. The number of anilines is 1. The van der Waals surface area contributed by atoms with Gasteiger partial charge in [-0.15, -0.1) is 0 Å². The largest absolute Gasteiger partial charge is 0.426 e. The summed E-state index contributed by atoms with van der Waals surface area (Å²) >= 11 is 3.39. The molecule has 1 aliphatic heterocycles. The molecule has 0 unspecified atom stereocenters. The number of amides is 1. The predicted molar refractivity (Wildman–Crippen MR) is 105 cm³/mol. The van der Waals surface area contributed by atoms with Crippen molar-refractivity contribution >= 4 is 33.5 Å². The molecule has 0 spiro atoms. The lowest BCUT2D eigenvalue weighted by Gasteiger charge is -2.18. The summed E-state index contributed by atoms with van der Waals surface area (Å²) in [6.45, 7) is 4.57. The summed E-state index contributed by atoms with van der Waals surface area (Å²) in [5.74, 6) is 0.0687. The van der Waals surface area contributed by atoms with Crippen molar-refractivity contribution in [3.05, 3.63) is 58.6 Å². The van der Waals surface area contributed by atoms with Crippen LogP contribution in [0.1, 0.15) is 38.2 Å². The summed E-state index contributed by atoms with van der Waals surface area (Å²) in [6.07, 6.45) is 1.15. The van der Waals surface area contributed by atoms with E-state index in [1.807, 2.05) is 48.5 Å². The Bertz CT molecular complexity index is 803. The minimum atomic E-state index is -0.448. The Morgan fingerprint density at radius 3 is 2.62 bits per heavy atom. The molecule has 5 heteroatoms. The number of benzene rings is 2. The summed E-state index contributed by atoms with van der Waals surface area (Å²) in [6, 6.07) is 15.1. The van der Waals surface area contributed by atoms with Gasteiger partial charge in [-0.3, -0.25) is 9.59 Å². The number of carbonyl (C=O) groups excluding carboxylic acids is 2. The molecule has 0 bridgehead atoms. The number of nitrogens with zero attached hydrogens (tertiary/aromatic N) is 1. The third-order valence-corrected chi connectivity index (χ3v) is 5.40. The first-order chi connectivity index (χ1) is 12.5. The van der Waals surface area contributed by atoms with Gasteiger partial charge in [-0.2, -0.15) is 0 Å². The number of rotatable bonds is 5.